The Morgan fingerprint density at radius 1 is 0.818 bits per heavy atom. The minimum atomic E-state index is -0.631. The van der Waals surface area contributed by atoms with Gasteiger partial charge >= 0.3 is 6.16 Å². The summed E-state index contributed by atoms with van der Waals surface area (Å²) in [5, 5.41) is 0. The van der Waals surface area contributed by atoms with Gasteiger partial charge < -0.3 is 23.7 Å². The van der Waals surface area contributed by atoms with Gasteiger partial charge in [0, 0.05) is 0 Å². The average molecular weight is 312 g/mol. The van der Waals surface area contributed by atoms with E-state index in [0.717, 1.165) is 38.5 Å². The van der Waals surface area contributed by atoms with Crippen LogP contribution in [0.2, 0.25) is 0 Å². The Balaban J connectivity index is 1.03. The third kappa shape index (κ3) is 3.73. The molecule has 6 unspecified atom stereocenters. The largest absolute Gasteiger partial charge is 0.510 e. The van der Waals surface area contributed by atoms with Crippen LogP contribution in [-0.4, -0.2) is 50.6 Å². The van der Waals surface area contributed by atoms with Crippen molar-refractivity contribution in [3.8, 4) is 0 Å². The predicted molar refractivity (Wildman–Crippen MR) is 75.3 cm³/mol. The number of fused-ring (bicyclic) bond motifs is 2. The molecule has 124 valence electrons. The Morgan fingerprint density at radius 2 is 1.45 bits per heavy atom. The maximum Gasteiger partial charge on any atom is 0.510 e. The maximum atomic E-state index is 11.5. The zero-order chi connectivity index (χ0) is 14.9. The molecule has 2 saturated heterocycles. The number of carbonyl (C=O) groups excluding carboxylic acids is 1. The van der Waals surface area contributed by atoms with E-state index >= 15 is 0 Å². The summed E-state index contributed by atoms with van der Waals surface area (Å²) in [5.74, 6) is 0.933. The van der Waals surface area contributed by atoms with E-state index in [9.17, 15) is 4.79 Å². The van der Waals surface area contributed by atoms with E-state index < -0.39 is 6.16 Å². The fourth-order valence-electron chi connectivity index (χ4n) is 3.81. The quantitative estimate of drug-likeness (QED) is 0.324. The van der Waals surface area contributed by atoms with Gasteiger partial charge in [-0.3, -0.25) is 0 Å². The van der Waals surface area contributed by atoms with Crippen LogP contribution in [0.15, 0.2) is 0 Å². The Morgan fingerprint density at radius 3 is 2.09 bits per heavy atom. The molecule has 0 aromatic heterocycles. The first-order valence-corrected chi connectivity index (χ1v) is 8.46. The molecule has 0 bridgehead atoms. The summed E-state index contributed by atoms with van der Waals surface area (Å²) in [6, 6.07) is 0. The summed E-state index contributed by atoms with van der Waals surface area (Å²) in [6.45, 7) is 1.03. The van der Waals surface area contributed by atoms with Gasteiger partial charge in [0.25, 0.3) is 0 Å². The van der Waals surface area contributed by atoms with Crippen molar-refractivity contribution < 1.29 is 28.5 Å². The summed E-state index contributed by atoms with van der Waals surface area (Å²) in [7, 11) is 0. The lowest BCUT2D eigenvalue weighted by Gasteiger charge is -2.19. The number of carbonyl (C=O) groups is 1. The molecule has 4 aliphatic rings. The van der Waals surface area contributed by atoms with E-state index in [1.54, 1.807) is 0 Å². The van der Waals surface area contributed by atoms with Gasteiger partial charge in [0.1, 0.15) is 0 Å². The highest BCUT2D eigenvalue weighted by Crippen LogP contribution is 2.40. The van der Waals surface area contributed by atoms with Crippen molar-refractivity contribution in [2.75, 3.05) is 20.0 Å². The van der Waals surface area contributed by atoms with Crippen LogP contribution in [-0.2, 0) is 23.7 Å². The fraction of sp³-hybridized carbons (Fsp3) is 0.938. The van der Waals surface area contributed by atoms with Gasteiger partial charge in [0.2, 0.25) is 0 Å². The summed E-state index contributed by atoms with van der Waals surface area (Å²) in [4.78, 5) is 11.5. The van der Waals surface area contributed by atoms with Crippen molar-refractivity contribution in [2.24, 2.45) is 11.8 Å². The molecule has 0 aromatic rings. The van der Waals surface area contributed by atoms with Gasteiger partial charge in [-0.1, -0.05) is 0 Å². The van der Waals surface area contributed by atoms with Gasteiger partial charge in [0.05, 0.1) is 37.6 Å². The number of rotatable bonds is 6. The topological polar surface area (TPSA) is 69.8 Å². The number of ether oxygens (including phenoxy) is 5. The average Bonchev–Trinajstić information content (AvgIpc) is 3.42. The molecule has 2 aliphatic carbocycles. The zero-order valence-corrected chi connectivity index (χ0v) is 12.8. The smallest absolute Gasteiger partial charge is 0.434 e. The second kappa shape index (κ2) is 6.34. The second-order valence-electron chi connectivity index (χ2n) is 6.98. The van der Waals surface area contributed by atoms with E-state index in [0.29, 0.717) is 49.5 Å². The van der Waals surface area contributed by atoms with Crippen molar-refractivity contribution in [1.29, 1.82) is 0 Å². The molecule has 0 aromatic carbocycles. The zero-order valence-electron chi connectivity index (χ0n) is 12.8. The molecule has 4 fully saturated rings. The lowest BCUT2D eigenvalue weighted by atomic mass is 9.90. The van der Waals surface area contributed by atoms with Gasteiger partial charge in [-0.25, -0.2) is 4.79 Å². The molecule has 0 radical (unpaired) electrons. The van der Waals surface area contributed by atoms with Crippen molar-refractivity contribution in [3.63, 3.8) is 0 Å². The van der Waals surface area contributed by atoms with E-state index in [1.807, 2.05) is 0 Å². The molecule has 0 amide bonds. The van der Waals surface area contributed by atoms with Crippen LogP contribution in [0.4, 0.5) is 4.79 Å². The predicted octanol–water partition coefficient (Wildman–Crippen LogP) is 2.25. The van der Waals surface area contributed by atoms with Crippen LogP contribution in [0.3, 0.4) is 0 Å². The van der Waals surface area contributed by atoms with Crippen LogP contribution in [0.1, 0.15) is 38.5 Å². The fourth-order valence-corrected chi connectivity index (χ4v) is 3.81. The molecule has 6 nitrogen and oxygen atoms in total. The summed E-state index contributed by atoms with van der Waals surface area (Å²) in [5.41, 5.74) is 0. The molecule has 0 N–H and O–H groups in total. The lowest BCUT2D eigenvalue weighted by Crippen LogP contribution is -2.22. The first kappa shape index (κ1) is 14.7. The SMILES string of the molecule is O=C(OCOCC1CCC2OC2C1)OCC1CCC2OC2C1. The molecule has 22 heavy (non-hydrogen) atoms. The Bertz CT molecular complexity index is 413. The molecule has 6 heteroatoms. The first-order chi connectivity index (χ1) is 10.8. The van der Waals surface area contributed by atoms with E-state index in [4.69, 9.17) is 23.7 Å². The summed E-state index contributed by atoms with van der Waals surface area (Å²) >= 11 is 0. The third-order valence-corrected chi connectivity index (χ3v) is 5.28. The highest BCUT2D eigenvalue weighted by atomic mass is 16.8. The third-order valence-electron chi connectivity index (χ3n) is 5.28. The summed E-state index contributed by atoms with van der Waals surface area (Å²) < 4.78 is 26.5. The molecule has 4 rings (SSSR count). The second-order valence-corrected chi connectivity index (χ2v) is 6.98. The van der Waals surface area contributed by atoms with Crippen LogP contribution in [0.5, 0.6) is 0 Å². The van der Waals surface area contributed by atoms with Crippen LogP contribution in [0, 0.1) is 11.8 Å². The molecule has 6 atom stereocenters. The van der Waals surface area contributed by atoms with E-state index in [-0.39, 0.29) is 6.79 Å². The van der Waals surface area contributed by atoms with Gasteiger partial charge in [-0.15, -0.1) is 0 Å². The minimum Gasteiger partial charge on any atom is -0.434 e. The molecule has 2 heterocycles. The van der Waals surface area contributed by atoms with Crippen LogP contribution < -0.4 is 0 Å². The first-order valence-electron chi connectivity index (χ1n) is 8.46. The molecule has 0 spiro atoms. The van der Waals surface area contributed by atoms with Crippen molar-refractivity contribution >= 4 is 6.16 Å². The van der Waals surface area contributed by atoms with Gasteiger partial charge in [-0.05, 0) is 50.4 Å². The van der Waals surface area contributed by atoms with Crippen molar-refractivity contribution in [2.45, 2.75) is 62.9 Å². The van der Waals surface area contributed by atoms with Crippen LogP contribution >= 0.6 is 0 Å². The molecular formula is C16H24O6. The molecular weight excluding hydrogens is 288 g/mol. The standard InChI is InChI=1S/C16H24O6/c17-16(19-8-11-2-4-13-15(6-11)22-13)20-9-18-7-10-1-3-12-14(5-10)21-12/h10-15H,1-9H2. The molecule has 2 aliphatic heterocycles. The molecule has 2 saturated carbocycles. The van der Waals surface area contributed by atoms with Gasteiger partial charge in [0.15, 0.2) is 6.79 Å². The van der Waals surface area contributed by atoms with Crippen molar-refractivity contribution in [1.82, 2.24) is 0 Å². The highest BCUT2D eigenvalue weighted by Gasteiger charge is 2.44. The van der Waals surface area contributed by atoms with E-state index in [1.165, 1.54) is 0 Å². The monoisotopic (exact) mass is 312 g/mol. The number of hydrogen-bond donors (Lipinski definition) is 0. The number of hydrogen-bond acceptors (Lipinski definition) is 6. The highest BCUT2D eigenvalue weighted by molar-refractivity contribution is 5.59. The Hall–Kier alpha value is -0.850. The minimum absolute atomic E-state index is 0.0250. The lowest BCUT2D eigenvalue weighted by molar-refractivity contribution is -0.0593. The Kier molecular flexibility index (Phi) is 4.24. The maximum absolute atomic E-state index is 11.5. The number of epoxide rings is 2. The van der Waals surface area contributed by atoms with Crippen molar-refractivity contribution in [3.05, 3.63) is 0 Å². The Labute approximate surface area is 130 Å². The van der Waals surface area contributed by atoms with Gasteiger partial charge in [-0.2, -0.15) is 0 Å². The summed E-state index contributed by atoms with van der Waals surface area (Å²) in [6.07, 6.45) is 7.72. The van der Waals surface area contributed by atoms with E-state index in [2.05, 4.69) is 0 Å². The normalized spacial score (nSPS) is 42.0. The van der Waals surface area contributed by atoms with Crippen LogP contribution in [0.25, 0.3) is 0 Å².